The normalized spacial score (nSPS) is 12.0. The molecule has 0 bridgehead atoms. The summed E-state index contributed by atoms with van der Waals surface area (Å²) >= 11 is 0. The summed E-state index contributed by atoms with van der Waals surface area (Å²) in [4.78, 5) is 12.3. The molecule has 0 radical (unpaired) electrons. The summed E-state index contributed by atoms with van der Waals surface area (Å²) in [5, 5.41) is 0. The van der Waals surface area contributed by atoms with Gasteiger partial charge in [0.25, 0.3) is 0 Å². The second kappa shape index (κ2) is 8.51. The van der Waals surface area contributed by atoms with Gasteiger partial charge in [0.1, 0.15) is 8.07 Å². The van der Waals surface area contributed by atoms with Crippen molar-refractivity contribution in [2.75, 3.05) is 0 Å². The van der Waals surface area contributed by atoms with Crippen LogP contribution in [0.25, 0.3) is 0 Å². The van der Waals surface area contributed by atoms with Crippen LogP contribution in [0.5, 0.6) is 0 Å². The van der Waals surface area contributed by atoms with Gasteiger partial charge >= 0.3 is 5.97 Å². The molecule has 0 aliphatic heterocycles. The number of esters is 1. The highest BCUT2D eigenvalue weighted by molar-refractivity contribution is 6.83. The summed E-state index contributed by atoms with van der Waals surface area (Å²) in [5.41, 5.74) is 5.12. The van der Waals surface area contributed by atoms with E-state index in [9.17, 15) is 4.79 Å². The third-order valence-corrected chi connectivity index (χ3v) is 4.30. The number of hydrogen-bond acceptors (Lipinski definition) is 2. The quantitative estimate of drug-likeness (QED) is 0.448. The van der Waals surface area contributed by atoms with Crippen LogP contribution < -0.4 is 0 Å². The van der Waals surface area contributed by atoms with Crippen LogP contribution in [0, 0.1) is 11.5 Å². The van der Waals surface area contributed by atoms with E-state index in [0.29, 0.717) is 12.0 Å². The fourth-order valence-electron chi connectivity index (χ4n) is 2.17. The molecule has 0 aromatic heterocycles. The summed E-state index contributed by atoms with van der Waals surface area (Å²) < 4.78 is 5.66. The molecule has 0 saturated carbocycles. The van der Waals surface area contributed by atoms with E-state index >= 15 is 0 Å². The SMILES string of the molecule is C[Si](C)(C)C#CC(CCc1ccccc1)OC(=O)c1ccccc1. The van der Waals surface area contributed by atoms with Crippen LogP contribution in [0.15, 0.2) is 60.7 Å². The smallest absolute Gasteiger partial charge is 0.339 e. The lowest BCUT2D eigenvalue weighted by Gasteiger charge is -2.14. The Labute approximate surface area is 145 Å². The number of benzene rings is 2. The lowest BCUT2D eigenvalue weighted by Crippen LogP contribution is -2.21. The predicted molar refractivity (Wildman–Crippen MR) is 102 cm³/mol. The summed E-state index contributed by atoms with van der Waals surface area (Å²) in [6.07, 6.45) is 1.18. The number of ether oxygens (including phenoxy) is 1. The molecule has 0 amide bonds. The number of aryl methyl sites for hydroxylation is 1. The molecule has 0 N–H and O–H groups in total. The van der Waals surface area contributed by atoms with Crippen LogP contribution in [0.2, 0.25) is 19.6 Å². The average Bonchev–Trinajstić information content (AvgIpc) is 2.58. The molecule has 1 unspecified atom stereocenters. The molecule has 0 saturated heterocycles. The molecule has 2 aromatic carbocycles. The minimum Gasteiger partial charge on any atom is -0.446 e. The number of carbonyl (C=O) groups excluding carboxylic acids is 1. The van der Waals surface area contributed by atoms with Crippen molar-refractivity contribution < 1.29 is 9.53 Å². The van der Waals surface area contributed by atoms with Gasteiger partial charge in [0, 0.05) is 0 Å². The molecule has 0 spiro atoms. The Hall–Kier alpha value is -2.31. The van der Waals surface area contributed by atoms with Gasteiger partial charge in [-0.15, -0.1) is 5.54 Å². The lowest BCUT2D eigenvalue weighted by molar-refractivity contribution is 0.0397. The fraction of sp³-hybridized carbons (Fsp3) is 0.286. The number of carbonyl (C=O) groups is 1. The topological polar surface area (TPSA) is 26.3 Å². The van der Waals surface area contributed by atoms with Crippen molar-refractivity contribution in [2.24, 2.45) is 0 Å². The van der Waals surface area contributed by atoms with Gasteiger partial charge in [0.15, 0.2) is 6.10 Å². The van der Waals surface area contributed by atoms with E-state index in [0.717, 1.165) is 6.42 Å². The lowest BCUT2D eigenvalue weighted by atomic mass is 10.1. The predicted octanol–water partition coefficient (Wildman–Crippen LogP) is 4.73. The first-order chi connectivity index (χ1) is 11.4. The third kappa shape index (κ3) is 6.43. The second-order valence-electron chi connectivity index (χ2n) is 6.80. The molecule has 2 rings (SSSR count). The maximum atomic E-state index is 12.3. The molecule has 24 heavy (non-hydrogen) atoms. The molecule has 2 nitrogen and oxygen atoms in total. The van der Waals surface area contributed by atoms with Gasteiger partial charge in [-0.25, -0.2) is 4.79 Å². The van der Waals surface area contributed by atoms with Crippen molar-refractivity contribution in [2.45, 2.75) is 38.6 Å². The highest BCUT2D eigenvalue weighted by Gasteiger charge is 2.15. The van der Waals surface area contributed by atoms with Crippen LogP contribution in [0.4, 0.5) is 0 Å². The standard InChI is InChI=1S/C21H24O2Si/c1-24(2,3)17-16-20(15-14-18-10-6-4-7-11-18)23-21(22)19-12-8-5-9-13-19/h4-13,20H,14-15H2,1-3H3. The summed E-state index contributed by atoms with van der Waals surface area (Å²) in [5.74, 6) is 2.89. The number of hydrogen-bond donors (Lipinski definition) is 0. The first kappa shape index (κ1) is 18.0. The first-order valence-electron chi connectivity index (χ1n) is 8.27. The molecule has 124 valence electrons. The van der Waals surface area contributed by atoms with Gasteiger partial charge in [-0.3, -0.25) is 0 Å². The van der Waals surface area contributed by atoms with E-state index in [1.54, 1.807) is 12.1 Å². The van der Waals surface area contributed by atoms with E-state index in [-0.39, 0.29) is 12.1 Å². The van der Waals surface area contributed by atoms with Gasteiger partial charge in [-0.2, -0.15) is 0 Å². The van der Waals surface area contributed by atoms with E-state index in [2.05, 4.69) is 43.2 Å². The zero-order valence-corrected chi connectivity index (χ0v) is 15.6. The van der Waals surface area contributed by atoms with E-state index in [1.165, 1.54) is 5.56 Å². The van der Waals surface area contributed by atoms with Crippen LogP contribution in [-0.2, 0) is 11.2 Å². The van der Waals surface area contributed by atoms with Crippen LogP contribution >= 0.6 is 0 Å². The summed E-state index contributed by atoms with van der Waals surface area (Å²) in [6.45, 7) is 6.56. The summed E-state index contributed by atoms with van der Waals surface area (Å²) in [6, 6.07) is 19.3. The van der Waals surface area contributed by atoms with Crippen LogP contribution in [0.3, 0.4) is 0 Å². The molecular weight excluding hydrogens is 312 g/mol. The van der Waals surface area contributed by atoms with Gasteiger partial charge in [0.05, 0.1) is 5.56 Å². The van der Waals surface area contributed by atoms with Crippen molar-refractivity contribution >= 4 is 14.0 Å². The zero-order chi connectivity index (χ0) is 17.4. The van der Waals surface area contributed by atoms with Crippen LogP contribution in [0.1, 0.15) is 22.3 Å². The highest BCUT2D eigenvalue weighted by atomic mass is 28.3. The first-order valence-corrected chi connectivity index (χ1v) is 11.8. The molecule has 0 aliphatic carbocycles. The molecule has 2 aromatic rings. The van der Waals surface area contributed by atoms with Gasteiger partial charge in [-0.05, 0) is 30.5 Å². The molecular formula is C21H24O2Si. The Morgan fingerprint density at radius 3 is 2.17 bits per heavy atom. The Morgan fingerprint density at radius 1 is 1.00 bits per heavy atom. The molecule has 0 aliphatic rings. The Bertz CT molecular complexity index is 706. The van der Waals surface area contributed by atoms with Crippen molar-refractivity contribution in [3.8, 4) is 11.5 Å². The maximum absolute atomic E-state index is 12.3. The molecule has 3 heteroatoms. The van der Waals surface area contributed by atoms with Gasteiger partial charge < -0.3 is 4.74 Å². The van der Waals surface area contributed by atoms with E-state index < -0.39 is 8.07 Å². The average molecular weight is 337 g/mol. The van der Waals surface area contributed by atoms with E-state index in [1.807, 2.05) is 36.4 Å². The molecule has 1 atom stereocenters. The van der Waals surface area contributed by atoms with E-state index in [4.69, 9.17) is 4.74 Å². The summed E-state index contributed by atoms with van der Waals surface area (Å²) in [7, 11) is -1.51. The fourth-order valence-corrected chi connectivity index (χ4v) is 2.77. The third-order valence-electron chi connectivity index (χ3n) is 3.40. The number of rotatable bonds is 5. The van der Waals surface area contributed by atoms with Crippen molar-refractivity contribution in [1.82, 2.24) is 0 Å². The van der Waals surface area contributed by atoms with Gasteiger partial charge in [-0.1, -0.05) is 74.1 Å². The zero-order valence-electron chi connectivity index (χ0n) is 14.6. The Balaban J connectivity index is 2.07. The second-order valence-corrected chi connectivity index (χ2v) is 11.6. The molecule has 0 heterocycles. The van der Waals surface area contributed by atoms with Crippen molar-refractivity contribution in [3.63, 3.8) is 0 Å². The monoisotopic (exact) mass is 336 g/mol. The minimum atomic E-state index is -1.51. The molecule has 0 fully saturated rings. The van der Waals surface area contributed by atoms with Crippen molar-refractivity contribution in [1.29, 1.82) is 0 Å². The van der Waals surface area contributed by atoms with Gasteiger partial charge in [0.2, 0.25) is 0 Å². The Morgan fingerprint density at radius 2 is 1.58 bits per heavy atom. The van der Waals surface area contributed by atoms with Crippen LogP contribution in [-0.4, -0.2) is 20.1 Å². The maximum Gasteiger partial charge on any atom is 0.339 e. The largest absolute Gasteiger partial charge is 0.446 e. The Kier molecular flexibility index (Phi) is 6.40. The van der Waals surface area contributed by atoms with Crippen molar-refractivity contribution in [3.05, 3.63) is 71.8 Å². The highest BCUT2D eigenvalue weighted by Crippen LogP contribution is 2.11. The minimum absolute atomic E-state index is 0.307.